The molecular formula is C13H19NO3. The highest BCUT2D eigenvalue weighted by molar-refractivity contribution is 5.81. The number of pyridine rings is 1. The molecule has 1 heterocycles. The van der Waals surface area contributed by atoms with Crippen LogP contribution < -0.4 is 0 Å². The maximum atomic E-state index is 11.5. The summed E-state index contributed by atoms with van der Waals surface area (Å²) in [5, 5.41) is 0. The summed E-state index contributed by atoms with van der Waals surface area (Å²) in [5.41, 5.74) is 1.97. The van der Waals surface area contributed by atoms with Crippen LogP contribution in [0.4, 0.5) is 0 Å². The van der Waals surface area contributed by atoms with Crippen LogP contribution in [0, 0.1) is 0 Å². The van der Waals surface area contributed by atoms with E-state index in [-0.39, 0.29) is 12.4 Å². The van der Waals surface area contributed by atoms with Gasteiger partial charge < -0.3 is 9.47 Å². The van der Waals surface area contributed by atoms with Gasteiger partial charge in [0.1, 0.15) is 6.61 Å². The molecule has 1 rings (SSSR count). The van der Waals surface area contributed by atoms with Crippen LogP contribution in [0.2, 0.25) is 0 Å². The molecule has 0 saturated carbocycles. The van der Waals surface area contributed by atoms with Crippen molar-refractivity contribution in [3.8, 4) is 0 Å². The van der Waals surface area contributed by atoms with Crippen molar-refractivity contribution >= 4 is 5.78 Å². The predicted molar refractivity (Wildman–Crippen MR) is 65.0 cm³/mol. The molecule has 0 bridgehead atoms. The highest BCUT2D eigenvalue weighted by atomic mass is 16.5. The van der Waals surface area contributed by atoms with Crippen molar-refractivity contribution in [1.82, 2.24) is 4.98 Å². The Balaban J connectivity index is 2.29. The van der Waals surface area contributed by atoms with Gasteiger partial charge >= 0.3 is 0 Å². The molecule has 1 aromatic heterocycles. The molecule has 17 heavy (non-hydrogen) atoms. The molecule has 4 nitrogen and oxygen atoms in total. The Morgan fingerprint density at radius 1 is 1.35 bits per heavy atom. The van der Waals surface area contributed by atoms with E-state index in [9.17, 15) is 4.79 Å². The zero-order valence-corrected chi connectivity index (χ0v) is 10.4. The summed E-state index contributed by atoms with van der Waals surface area (Å²) in [6.45, 7) is 3.16. The number of hydrogen-bond acceptors (Lipinski definition) is 4. The first-order valence-corrected chi connectivity index (χ1v) is 5.78. The third kappa shape index (κ3) is 5.56. The van der Waals surface area contributed by atoms with Gasteiger partial charge in [-0.25, -0.2) is 0 Å². The number of aryl methyl sites for hydroxylation is 1. The summed E-state index contributed by atoms with van der Waals surface area (Å²) in [5.74, 6) is 0.0397. The van der Waals surface area contributed by atoms with Crippen LogP contribution in [0.25, 0.3) is 0 Å². The highest BCUT2D eigenvalue weighted by Gasteiger charge is 2.05. The lowest BCUT2D eigenvalue weighted by Gasteiger charge is -2.03. The molecule has 0 aliphatic carbocycles. The average Bonchev–Trinajstić information content (AvgIpc) is 2.36. The minimum Gasteiger partial charge on any atom is -0.382 e. The number of methoxy groups -OCH3 is 1. The summed E-state index contributed by atoms with van der Waals surface area (Å²) in [4.78, 5) is 15.8. The Bertz CT molecular complexity index is 335. The van der Waals surface area contributed by atoms with Crippen LogP contribution in [0.3, 0.4) is 0 Å². The zero-order chi connectivity index (χ0) is 12.5. The normalized spacial score (nSPS) is 10.5. The van der Waals surface area contributed by atoms with E-state index in [2.05, 4.69) is 11.9 Å². The van der Waals surface area contributed by atoms with Gasteiger partial charge in [-0.1, -0.05) is 13.0 Å². The molecular weight excluding hydrogens is 218 g/mol. The van der Waals surface area contributed by atoms with Crippen molar-refractivity contribution in [2.45, 2.75) is 19.8 Å². The van der Waals surface area contributed by atoms with Crippen LogP contribution >= 0.6 is 0 Å². The van der Waals surface area contributed by atoms with E-state index in [1.807, 2.05) is 18.3 Å². The van der Waals surface area contributed by atoms with Crippen LogP contribution in [0.5, 0.6) is 0 Å². The van der Waals surface area contributed by atoms with Gasteiger partial charge in [-0.2, -0.15) is 0 Å². The Labute approximate surface area is 102 Å². The summed E-state index contributed by atoms with van der Waals surface area (Å²) < 4.78 is 9.97. The second kappa shape index (κ2) is 7.92. The lowest BCUT2D eigenvalue weighted by molar-refractivity contribution is -0.123. The first-order valence-electron chi connectivity index (χ1n) is 5.78. The number of nitrogens with zero attached hydrogens (tertiary/aromatic N) is 1. The van der Waals surface area contributed by atoms with Gasteiger partial charge in [0.25, 0.3) is 0 Å². The van der Waals surface area contributed by atoms with Crippen LogP contribution in [0.1, 0.15) is 18.2 Å². The first kappa shape index (κ1) is 13.8. The fourth-order valence-corrected chi connectivity index (χ4v) is 1.35. The van der Waals surface area contributed by atoms with E-state index in [4.69, 9.17) is 9.47 Å². The predicted octanol–water partition coefficient (Wildman–Crippen LogP) is 1.42. The molecule has 0 aromatic carbocycles. The van der Waals surface area contributed by atoms with E-state index in [0.717, 1.165) is 12.1 Å². The van der Waals surface area contributed by atoms with Gasteiger partial charge in [0, 0.05) is 19.0 Å². The fraction of sp³-hybridized carbons (Fsp3) is 0.538. The molecule has 0 N–H and O–H groups in total. The molecule has 0 aliphatic heterocycles. The number of hydrogen-bond donors (Lipinski definition) is 0. The van der Waals surface area contributed by atoms with Crippen LogP contribution in [-0.4, -0.2) is 37.7 Å². The number of carbonyl (C=O) groups is 1. The number of ketones is 1. The second-order valence-electron chi connectivity index (χ2n) is 3.77. The third-order valence-electron chi connectivity index (χ3n) is 2.37. The largest absolute Gasteiger partial charge is 0.382 e. The van der Waals surface area contributed by atoms with E-state index >= 15 is 0 Å². The Hall–Kier alpha value is -1.26. The average molecular weight is 237 g/mol. The quantitative estimate of drug-likeness (QED) is 0.642. The lowest BCUT2D eigenvalue weighted by Crippen LogP contribution is -2.14. The van der Waals surface area contributed by atoms with E-state index in [0.29, 0.717) is 19.6 Å². The van der Waals surface area contributed by atoms with Gasteiger partial charge in [-0.15, -0.1) is 0 Å². The topological polar surface area (TPSA) is 48.4 Å². The van der Waals surface area contributed by atoms with Crippen molar-refractivity contribution in [3.05, 3.63) is 29.6 Å². The van der Waals surface area contributed by atoms with Crippen molar-refractivity contribution in [2.24, 2.45) is 0 Å². The van der Waals surface area contributed by atoms with Gasteiger partial charge in [-0.05, 0) is 18.1 Å². The standard InChI is InChI=1S/C13H19NO3/c1-3-11-4-5-12(14-9-11)8-13(15)10-17-7-6-16-2/h4-5,9H,3,6-8,10H2,1-2H3. The third-order valence-corrected chi connectivity index (χ3v) is 2.37. The summed E-state index contributed by atoms with van der Waals surface area (Å²) in [7, 11) is 1.60. The minimum atomic E-state index is 0.0397. The first-order chi connectivity index (χ1) is 8.26. The monoisotopic (exact) mass is 237 g/mol. The fourth-order valence-electron chi connectivity index (χ4n) is 1.35. The molecule has 0 atom stereocenters. The summed E-state index contributed by atoms with van der Waals surface area (Å²) in [6.07, 6.45) is 3.10. The van der Waals surface area contributed by atoms with Crippen molar-refractivity contribution < 1.29 is 14.3 Å². The molecule has 0 spiro atoms. The van der Waals surface area contributed by atoms with Gasteiger partial charge in [-0.3, -0.25) is 9.78 Å². The van der Waals surface area contributed by atoms with E-state index in [1.54, 1.807) is 7.11 Å². The molecule has 0 unspecified atom stereocenters. The smallest absolute Gasteiger partial charge is 0.164 e. The second-order valence-corrected chi connectivity index (χ2v) is 3.77. The number of carbonyl (C=O) groups excluding carboxylic acids is 1. The van der Waals surface area contributed by atoms with Crippen LogP contribution in [-0.2, 0) is 27.1 Å². The molecule has 0 amide bonds. The van der Waals surface area contributed by atoms with Crippen molar-refractivity contribution in [2.75, 3.05) is 26.9 Å². The molecule has 1 aromatic rings. The maximum Gasteiger partial charge on any atom is 0.164 e. The Morgan fingerprint density at radius 3 is 2.76 bits per heavy atom. The van der Waals surface area contributed by atoms with Gasteiger partial charge in [0.15, 0.2) is 5.78 Å². The number of Topliss-reactive ketones (excluding diaryl/α,β-unsaturated/α-hetero) is 1. The highest BCUT2D eigenvalue weighted by Crippen LogP contribution is 2.02. The number of ether oxygens (including phenoxy) is 2. The molecule has 0 aliphatic rings. The lowest BCUT2D eigenvalue weighted by atomic mass is 10.1. The molecule has 0 saturated heterocycles. The van der Waals surface area contributed by atoms with E-state index in [1.165, 1.54) is 5.56 Å². The van der Waals surface area contributed by atoms with E-state index < -0.39 is 0 Å². The molecule has 0 radical (unpaired) electrons. The SMILES string of the molecule is CCc1ccc(CC(=O)COCCOC)nc1. The number of aromatic nitrogens is 1. The Morgan fingerprint density at radius 2 is 2.18 bits per heavy atom. The van der Waals surface area contributed by atoms with Crippen molar-refractivity contribution in [1.29, 1.82) is 0 Å². The molecule has 94 valence electrons. The molecule has 4 heteroatoms. The zero-order valence-electron chi connectivity index (χ0n) is 10.4. The van der Waals surface area contributed by atoms with Crippen LogP contribution in [0.15, 0.2) is 18.3 Å². The van der Waals surface area contributed by atoms with Gasteiger partial charge in [0.05, 0.1) is 19.6 Å². The minimum absolute atomic E-state index is 0.0397. The summed E-state index contributed by atoms with van der Waals surface area (Å²) in [6, 6.07) is 3.90. The maximum absolute atomic E-state index is 11.5. The Kier molecular flexibility index (Phi) is 6.43. The van der Waals surface area contributed by atoms with Crippen molar-refractivity contribution in [3.63, 3.8) is 0 Å². The summed E-state index contributed by atoms with van der Waals surface area (Å²) >= 11 is 0. The molecule has 0 fully saturated rings. The van der Waals surface area contributed by atoms with Gasteiger partial charge in [0.2, 0.25) is 0 Å². The number of rotatable bonds is 8.